The SMILES string of the molecule is CC(N)c1coc(CC2CCS(=O)(=O)CC2)n1. The fourth-order valence-electron chi connectivity index (χ4n) is 2.02. The molecule has 1 aliphatic heterocycles. The summed E-state index contributed by atoms with van der Waals surface area (Å²) in [6, 6.07) is -0.126. The Bertz CT molecular complexity index is 465. The number of rotatable bonds is 3. The smallest absolute Gasteiger partial charge is 0.194 e. The summed E-state index contributed by atoms with van der Waals surface area (Å²) in [6.07, 6.45) is 3.71. The molecule has 0 saturated carbocycles. The van der Waals surface area contributed by atoms with Crippen molar-refractivity contribution in [3.8, 4) is 0 Å². The maximum Gasteiger partial charge on any atom is 0.194 e. The van der Waals surface area contributed by atoms with E-state index < -0.39 is 9.84 Å². The first-order valence-corrected chi connectivity index (χ1v) is 7.69. The van der Waals surface area contributed by atoms with Gasteiger partial charge in [0.2, 0.25) is 0 Å². The average molecular weight is 258 g/mol. The van der Waals surface area contributed by atoms with Gasteiger partial charge in [-0.15, -0.1) is 0 Å². The molecule has 1 aromatic heterocycles. The normalized spacial score (nSPS) is 22.5. The molecule has 17 heavy (non-hydrogen) atoms. The first-order valence-electron chi connectivity index (χ1n) is 5.86. The molecular formula is C11H18N2O3S. The maximum atomic E-state index is 11.3. The van der Waals surface area contributed by atoms with Crippen LogP contribution >= 0.6 is 0 Å². The number of nitrogens with two attached hydrogens (primary N) is 1. The van der Waals surface area contributed by atoms with Crippen LogP contribution in [0.2, 0.25) is 0 Å². The second-order valence-corrected chi connectivity index (χ2v) is 7.06. The van der Waals surface area contributed by atoms with E-state index in [1.807, 2.05) is 6.92 Å². The van der Waals surface area contributed by atoms with Gasteiger partial charge in [-0.3, -0.25) is 0 Å². The molecule has 0 aromatic carbocycles. The average Bonchev–Trinajstić information content (AvgIpc) is 2.70. The predicted molar refractivity (Wildman–Crippen MR) is 64.2 cm³/mol. The minimum Gasteiger partial charge on any atom is -0.449 e. The molecule has 2 heterocycles. The van der Waals surface area contributed by atoms with E-state index in [4.69, 9.17) is 10.2 Å². The molecule has 2 rings (SSSR count). The van der Waals surface area contributed by atoms with Gasteiger partial charge in [0, 0.05) is 12.5 Å². The zero-order valence-corrected chi connectivity index (χ0v) is 10.7. The maximum absolute atomic E-state index is 11.3. The molecular weight excluding hydrogens is 240 g/mol. The first-order chi connectivity index (χ1) is 7.96. The van der Waals surface area contributed by atoms with Gasteiger partial charge >= 0.3 is 0 Å². The van der Waals surface area contributed by atoms with Crippen LogP contribution < -0.4 is 5.73 Å². The lowest BCUT2D eigenvalue weighted by Gasteiger charge is -2.20. The van der Waals surface area contributed by atoms with Gasteiger partial charge in [-0.25, -0.2) is 13.4 Å². The quantitative estimate of drug-likeness (QED) is 0.876. The van der Waals surface area contributed by atoms with Gasteiger partial charge in [0.05, 0.1) is 17.2 Å². The topological polar surface area (TPSA) is 86.2 Å². The summed E-state index contributed by atoms with van der Waals surface area (Å²) < 4.78 is 27.9. The lowest BCUT2D eigenvalue weighted by molar-refractivity contribution is 0.399. The van der Waals surface area contributed by atoms with E-state index in [9.17, 15) is 8.42 Å². The van der Waals surface area contributed by atoms with Gasteiger partial charge in [0.25, 0.3) is 0 Å². The van der Waals surface area contributed by atoms with Crippen LogP contribution in [0.5, 0.6) is 0 Å². The lowest BCUT2D eigenvalue weighted by atomic mass is 9.99. The van der Waals surface area contributed by atoms with Crippen LogP contribution in [0.1, 0.15) is 37.4 Å². The van der Waals surface area contributed by atoms with Crippen LogP contribution in [0.25, 0.3) is 0 Å². The molecule has 2 N–H and O–H groups in total. The van der Waals surface area contributed by atoms with E-state index in [0.717, 1.165) is 5.69 Å². The van der Waals surface area contributed by atoms with Crippen LogP contribution in [0.15, 0.2) is 10.7 Å². The van der Waals surface area contributed by atoms with Crippen molar-refractivity contribution in [3.63, 3.8) is 0 Å². The first kappa shape index (κ1) is 12.6. The Morgan fingerprint density at radius 2 is 2.18 bits per heavy atom. The molecule has 5 nitrogen and oxygen atoms in total. The molecule has 6 heteroatoms. The molecule has 1 fully saturated rings. The molecule has 1 atom stereocenters. The minimum absolute atomic E-state index is 0.126. The van der Waals surface area contributed by atoms with E-state index >= 15 is 0 Å². The van der Waals surface area contributed by atoms with Gasteiger partial charge in [0.15, 0.2) is 5.89 Å². The van der Waals surface area contributed by atoms with Crippen molar-refractivity contribution in [1.29, 1.82) is 0 Å². The molecule has 1 aliphatic rings. The van der Waals surface area contributed by atoms with Crippen molar-refractivity contribution in [2.45, 2.75) is 32.2 Å². The molecule has 0 spiro atoms. The Balaban J connectivity index is 1.93. The van der Waals surface area contributed by atoms with Crippen LogP contribution in [0.3, 0.4) is 0 Å². The largest absolute Gasteiger partial charge is 0.449 e. The van der Waals surface area contributed by atoms with Crippen molar-refractivity contribution in [2.24, 2.45) is 11.7 Å². The zero-order valence-electron chi connectivity index (χ0n) is 9.93. The monoisotopic (exact) mass is 258 g/mol. The Kier molecular flexibility index (Phi) is 3.53. The standard InChI is InChI=1S/C11H18N2O3S/c1-8(12)10-7-16-11(13-10)6-9-2-4-17(14,15)5-3-9/h7-9H,2-6,12H2,1H3. The number of aromatic nitrogens is 1. The molecule has 1 aromatic rings. The Labute approximate surface area is 101 Å². The number of sulfone groups is 1. The molecule has 96 valence electrons. The third kappa shape index (κ3) is 3.29. The van der Waals surface area contributed by atoms with E-state index in [2.05, 4.69) is 4.98 Å². The third-order valence-electron chi connectivity index (χ3n) is 3.17. The fraction of sp³-hybridized carbons (Fsp3) is 0.727. The van der Waals surface area contributed by atoms with Gasteiger partial charge in [-0.2, -0.15) is 0 Å². The highest BCUT2D eigenvalue weighted by atomic mass is 32.2. The van der Waals surface area contributed by atoms with Crippen molar-refractivity contribution in [2.75, 3.05) is 11.5 Å². The summed E-state index contributed by atoms with van der Waals surface area (Å²) >= 11 is 0. The van der Waals surface area contributed by atoms with Gasteiger partial charge in [-0.05, 0) is 25.7 Å². The highest BCUT2D eigenvalue weighted by Crippen LogP contribution is 2.23. The van der Waals surface area contributed by atoms with E-state index in [0.29, 0.717) is 42.6 Å². The van der Waals surface area contributed by atoms with Crippen LogP contribution in [-0.2, 0) is 16.3 Å². The van der Waals surface area contributed by atoms with Crippen LogP contribution in [0, 0.1) is 5.92 Å². The molecule has 0 radical (unpaired) electrons. The van der Waals surface area contributed by atoms with Gasteiger partial charge < -0.3 is 10.2 Å². The minimum atomic E-state index is -2.79. The predicted octanol–water partition coefficient (Wildman–Crippen LogP) is 1.06. The van der Waals surface area contributed by atoms with Crippen molar-refractivity contribution in [1.82, 2.24) is 4.98 Å². The second-order valence-electron chi connectivity index (χ2n) is 4.75. The number of nitrogens with zero attached hydrogens (tertiary/aromatic N) is 1. The van der Waals surface area contributed by atoms with E-state index in [-0.39, 0.29) is 6.04 Å². The second kappa shape index (κ2) is 4.78. The zero-order chi connectivity index (χ0) is 12.5. The number of hydrogen-bond donors (Lipinski definition) is 1. The van der Waals surface area contributed by atoms with Gasteiger partial charge in [-0.1, -0.05) is 0 Å². The summed E-state index contributed by atoms with van der Waals surface area (Å²) in [5.74, 6) is 1.61. The molecule has 1 unspecified atom stereocenters. The lowest BCUT2D eigenvalue weighted by Crippen LogP contribution is -2.24. The fourth-order valence-corrected chi connectivity index (χ4v) is 3.61. The van der Waals surface area contributed by atoms with Crippen molar-refractivity contribution >= 4 is 9.84 Å². The molecule has 0 amide bonds. The summed E-state index contributed by atoms with van der Waals surface area (Å²) in [6.45, 7) is 1.86. The summed E-state index contributed by atoms with van der Waals surface area (Å²) in [5, 5.41) is 0. The van der Waals surface area contributed by atoms with E-state index in [1.54, 1.807) is 6.26 Å². The molecule has 0 aliphatic carbocycles. The van der Waals surface area contributed by atoms with Crippen LogP contribution in [0.4, 0.5) is 0 Å². The highest BCUT2D eigenvalue weighted by Gasteiger charge is 2.25. The number of oxazole rings is 1. The summed E-state index contributed by atoms with van der Waals surface area (Å²) in [7, 11) is -2.79. The van der Waals surface area contributed by atoms with Crippen molar-refractivity contribution in [3.05, 3.63) is 17.8 Å². The third-order valence-corrected chi connectivity index (χ3v) is 4.89. The van der Waals surface area contributed by atoms with Crippen LogP contribution in [-0.4, -0.2) is 24.9 Å². The molecule has 0 bridgehead atoms. The Morgan fingerprint density at radius 3 is 2.71 bits per heavy atom. The number of hydrogen-bond acceptors (Lipinski definition) is 5. The van der Waals surface area contributed by atoms with Crippen molar-refractivity contribution < 1.29 is 12.8 Å². The van der Waals surface area contributed by atoms with E-state index in [1.165, 1.54) is 0 Å². The Hall–Kier alpha value is -0.880. The summed E-state index contributed by atoms with van der Waals surface area (Å²) in [4.78, 5) is 4.30. The summed E-state index contributed by atoms with van der Waals surface area (Å²) in [5.41, 5.74) is 6.45. The molecule has 1 saturated heterocycles. The van der Waals surface area contributed by atoms with Gasteiger partial charge in [0.1, 0.15) is 16.1 Å². The highest BCUT2D eigenvalue weighted by molar-refractivity contribution is 7.91. The Morgan fingerprint density at radius 1 is 1.53 bits per heavy atom.